The van der Waals surface area contributed by atoms with Crippen LogP contribution in [0.25, 0.3) is 0 Å². The molecule has 1 aromatic heterocycles. The standard InChI is InChI=1S/C22H21N3O4/c1-3-29-22(27)16-8-4-5-9-17(16)25-21(26)19-14-15(12-13-23-19)24-18-10-6-7-11-20(18)28-2/h4-14H,3H2,1-2H3,(H,23,24)(H,25,26). The third kappa shape index (κ3) is 4.90. The molecule has 0 aliphatic carbocycles. The van der Waals surface area contributed by atoms with Crippen molar-refractivity contribution < 1.29 is 19.1 Å². The maximum absolute atomic E-state index is 12.7. The van der Waals surface area contributed by atoms with E-state index < -0.39 is 11.9 Å². The fourth-order valence-corrected chi connectivity index (χ4v) is 2.70. The summed E-state index contributed by atoms with van der Waals surface area (Å²) in [5.41, 5.74) is 2.28. The molecule has 3 aromatic rings. The lowest BCUT2D eigenvalue weighted by Gasteiger charge is -2.12. The number of para-hydroxylation sites is 3. The lowest BCUT2D eigenvalue weighted by molar-refractivity contribution is 0.0527. The average molecular weight is 391 g/mol. The molecule has 1 amide bonds. The third-order valence-electron chi connectivity index (χ3n) is 4.05. The number of pyridine rings is 1. The molecule has 0 saturated heterocycles. The first-order chi connectivity index (χ1) is 14.1. The largest absolute Gasteiger partial charge is 0.495 e. The number of esters is 1. The number of methoxy groups -OCH3 is 1. The van der Waals surface area contributed by atoms with E-state index in [2.05, 4.69) is 15.6 Å². The second-order valence-corrected chi connectivity index (χ2v) is 5.98. The van der Waals surface area contributed by atoms with Gasteiger partial charge in [0.2, 0.25) is 0 Å². The van der Waals surface area contributed by atoms with Crippen molar-refractivity contribution in [3.8, 4) is 5.75 Å². The minimum atomic E-state index is -0.497. The molecule has 3 rings (SSSR count). The van der Waals surface area contributed by atoms with Gasteiger partial charge in [-0.2, -0.15) is 0 Å². The van der Waals surface area contributed by atoms with E-state index in [0.29, 0.717) is 17.1 Å². The SMILES string of the molecule is CCOC(=O)c1ccccc1NC(=O)c1cc(Nc2ccccc2OC)ccn1. The van der Waals surface area contributed by atoms with Crippen molar-refractivity contribution in [3.05, 3.63) is 78.1 Å². The van der Waals surface area contributed by atoms with Crippen LogP contribution in [0.3, 0.4) is 0 Å². The number of anilines is 3. The van der Waals surface area contributed by atoms with Gasteiger partial charge in [0.25, 0.3) is 5.91 Å². The van der Waals surface area contributed by atoms with Crippen molar-refractivity contribution in [1.29, 1.82) is 0 Å². The quantitative estimate of drug-likeness (QED) is 0.585. The van der Waals surface area contributed by atoms with Crippen LogP contribution in [0.15, 0.2) is 66.9 Å². The topological polar surface area (TPSA) is 89.5 Å². The molecule has 148 valence electrons. The molecule has 2 N–H and O–H groups in total. The zero-order chi connectivity index (χ0) is 20.6. The molecule has 2 aromatic carbocycles. The van der Waals surface area contributed by atoms with Crippen molar-refractivity contribution >= 4 is 28.9 Å². The van der Waals surface area contributed by atoms with Gasteiger partial charge in [-0.3, -0.25) is 9.78 Å². The monoisotopic (exact) mass is 391 g/mol. The highest BCUT2D eigenvalue weighted by molar-refractivity contribution is 6.07. The lowest BCUT2D eigenvalue weighted by atomic mass is 10.1. The molecule has 0 atom stereocenters. The van der Waals surface area contributed by atoms with E-state index in [9.17, 15) is 9.59 Å². The van der Waals surface area contributed by atoms with Crippen LogP contribution in [0.4, 0.5) is 17.1 Å². The second kappa shape index (κ2) is 9.36. The summed E-state index contributed by atoms with van der Waals surface area (Å²) in [4.78, 5) is 28.9. The molecule has 0 unspecified atom stereocenters. The summed E-state index contributed by atoms with van der Waals surface area (Å²) in [6.07, 6.45) is 1.53. The Labute approximate surface area is 168 Å². The molecule has 1 heterocycles. The first-order valence-corrected chi connectivity index (χ1v) is 9.06. The molecule has 7 heteroatoms. The van der Waals surface area contributed by atoms with Crippen molar-refractivity contribution in [2.24, 2.45) is 0 Å². The summed E-state index contributed by atoms with van der Waals surface area (Å²) in [5.74, 6) is -0.257. The molecule has 0 bridgehead atoms. The highest BCUT2D eigenvalue weighted by atomic mass is 16.5. The summed E-state index contributed by atoms with van der Waals surface area (Å²) in [5, 5.41) is 5.93. The van der Waals surface area contributed by atoms with Crippen LogP contribution in [-0.2, 0) is 4.74 Å². The Kier molecular flexibility index (Phi) is 6.42. The first kappa shape index (κ1) is 19.9. The van der Waals surface area contributed by atoms with E-state index in [1.807, 2.05) is 24.3 Å². The van der Waals surface area contributed by atoms with Gasteiger partial charge in [-0.15, -0.1) is 0 Å². The Balaban J connectivity index is 1.79. The maximum Gasteiger partial charge on any atom is 0.340 e. The Morgan fingerprint density at radius 2 is 1.72 bits per heavy atom. The smallest absolute Gasteiger partial charge is 0.340 e. The number of carbonyl (C=O) groups is 2. The Bertz CT molecular complexity index is 1020. The predicted octanol–water partition coefficient (Wildman–Crippen LogP) is 4.26. The fourth-order valence-electron chi connectivity index (χ4n) is 2.70. The van der Waals surface area contributed by atoms with E-state index in [4.69, 9.17) is 9.47 Å². The lowest BCUT2D eigenvalue weighted by Crippen LogP contribution is -2.17. The van der Waals surface area contributed by atoms with Crippen LogP contribution in [0, 0.1) is 0 Å². The van der Waals surface area contributed by atoms with Crippen molar-refractivity contribution in [3.63, 3.8) is 0 Å². The Morgan fingerprint density at radius 3 is 2.48 bits per heavy atom. The zero-order valence-corrected chi connectivity index (χ0v) is 16.1. The molecule has 7 nitrogen and oxygen atoms in total. The average Bonchev–Trinajstić information content (AvgIpc) is 2.75. The van der Waals surface area contributed by atoms with Gasteiger partial charge in [-0.25, -0.2) is 4.79 Å². The Hall–Kier alpha value is -3.87. The number of hydrogen-bond donors (Lipinski definition) is 2. The van der Waals surface area contributed by atoms with Gasteiger partial charge in [0.1, 0.15) is 11.4 Å². The minimum Gasteiger partial charge on any atom is -0.495 e. The number of carbonyl (C=O) groups excluding carboxylic acids is 2. The normalized spacial score (nSPS) is 10.1. The van der Waals surface area contributed by atoms with Gasteiger partial charge in [0.05, 0.1) is 30.7 Å². The predicted molar refractivity (Wildman–Crippen MR) is 111 cm³/mol. The summed E-state index contributed by atoms with van der Waals surface area (Å²) in [6.45, 7) is 1.97. The van der Waals surface area contributed by atoms with Crippen LogP contribution in [0.5, 0.6) is 5.75 Å². The number of amides is 1. The zero-order valence-electron chi connectivity index (χ0n) is 16.1. The van der Waals surface area contributed by atoms with E-state index in [1.54, 1.807) is 50.4 Å². The number of ether oxygens (including phenoxy) is 2. The number of nitrogens with one attached hydrogen (secondary N) is 2. The molecular weight excluding hydrogens is 370 g/mol. The van der Waals surface area contributed by atoms with Crippen molar-refractivity contribution in [2.45, 2.75) is 6.92 Å². The van der Waals surface area contributed by atoms with Crippen LogP contribution in [0.1, 0.15) is 27.8 Å². The number of rotatable bonds is 7. The minimum absolute atomic E-state index is 0.198. The molecule has 0 aliphatic rings. The highest BCUT2D eigenvalue weighted by Crippen LogP contribution is 2.27. The van der Waals surface area contributed by atoms with Crippen molar-refractivity contribution in [1.82, 2.24) is 4.98 Å². The number of benzene rings is 2. The van der Waals surface area contributed by atoms with Gasteiger partial charge >= 0.3 is 5.97 Å². The second-order valence-electron chi connectivity index (χ2n) is 5.98. The molecule has 0 fully saturated rings. The number of aromatic nitrogens is 1. The first-order valence-electron chi connectivity index (χ1n) is 9.06. The van der Waals surface area contributed by atoms with Gasteiger partial charge in [-0.05, 0) is 43.3 Å². The summed E-state index contributed by atoms with van der Waals surface area (Å²) in [6, 6.07) is 17.5. The summed E-state index contributed by atoms with van der Waals surface area (Å²) < 4.78 is 10.4. The van der Waals surface area contributed by atoms with E-state index in [0.717, 1.165) is 5.69 Å². The fraction of sp³-hybridized carbons (Fsp3) is 0.136. The highest BCUT2D eigenvalue weighted by Gasteiger charge is 2.16. The third-order valence-corrected chi connectivity index (χ3v) is 4.05. The van der Waals surface area contributed by atoms with Crippen LogP contribution in [0.2, 0.25) is 0 Å². The molecule has 0 saturated carbocycles. The van der Waals surface area contributed by atoms with E-state index in [1.165, 1.54) is 6.20 Å². The van der Waals surface area contributed by atoms with Crippen LogP contribution in [-0.4, -0.2) is 30.6 Å². The van der Waals surface area contributed by atoms with Crippen molar-refractivity contribution in [2.75, 3.05) is 24.4 Å². The van der Waals surface area contributed by atoms with E-state index in [-0.39, 0.29) is 17.9 Å². The Morgan fingerprint density at radius 1 is 1.00 bits per heavy atom. The molecule has 29 heavy (non-hydrogen) atoms. The molecular formula is C22H21N3O4. The summed E-state index contributed by atoms with van der Waals surface area (Å²) in [7, 11) is 1.59. The molecule has 0 spiro atoms. The van der Waals surface area contributed by atoms with Gasteiger partial charge in [-0.1, -0.05) is 24.3 Å². The van der Waals surface area contributed by atoms with Crippen LogP contribution >= 0.6 is 0 Å². The van der Waals surface area contributed by atoms with Gasteiger partial charge in [0, 0.05) is 11.9 Å². The maximum atomic E-state index is 12.7. The summed E-state index contributed by atoms with van der Waals surface area (Å²) >= 11 is 0. The van der Waals surface area contributed by atoms with Gasteiger partial charge in [0.15, 0.2) is 0 Å². The number of hydrogen-bond acceptors (Lipinski definition) is 6. The van der Waals surface area contributed by atoms with E-state index >= 15 is 0 Å². The molecule has 0 radical (unpaired) electrons. The molecule has 0 aliphatic heterocycles. The van der Waals surface area contributed by atoms with Gasteiger partial charge < -0.3 is 20.1 Å². The number of nitrogens with zero attached hydrogens (tertiary/aromatic N) is 1. The van der Waals surface area contributed by atoms with Crippen LogP contribution < -0.4 is 15.4 Å².